The van der Waals surface area contributed by atoms with Crippen molar-refractivity contribution in [2.45, 2.75) is 26.8 Å². The van der Waals surface area contributed by atoms with Gasteiger partial charge < -0.3 is 14.9 Å². The summed E-state index contributed by atoms with van der Waals surface area (Å²) in [5.74, 6) is 1.69. The van der Waals surface area contributed by atoms with E-state index in [1.807, 2.05) is 26.0 Å². The molecule has 18 heavy (non-hydrogen) atoms. The lowest BCUT2D eigenvalue weighted by Crippen LogP contribution is -2.15. The molecule has 0 radical (unpaired) electrons. The minimum atomic E-state index is -0.223. The molecule has 0 spiro atoms. The molecule has 1 aromatic carbocycles. The molecule has 0 aliphatic heterocycles. The smallest absolute Gasteiger partial charge is 0.124 e. The third-order valence-corrected chi connectivity index (χ3v) is 3.26. The van der Waals surface area contributed by atoms with Gasteiger partial charge in [0, 0.05) is 11.1 Å². The van der Waals surface area contributed by atoms with Gasteiger partial charge in [-0.3, -0.25) is 0 Å². The van der Waals surface area contributed by atoms with Gasteiger partial charge >= 0.3 is 0 Å². The first-order chi connectivity index (χ1) is 8.54. The topological polar surface area (TPSA) is 48.4 Å². The summed E-state index contributed by atoms with van der Waals surface area (Å²) in [4.78, 5) is 0. The van der Waals surface area contributed by atoms with Crippen LogP contribution in [0.1, 0.15) is 34.1 Å². The zero-order valence-corrected chi connectivity index (χ0v) is 11.3. The maximum atomic E-state index is 6.35. The number of hydrogen-bond acceptors (Lipinski definition) is 3. The second-order valence-corrected chi connectivity index (χ2v) is 4.61. The largest absolute Gasteiger partial charge is 0.496 e. The Kier molecular flexibility index (Phi) is 3.43. The summed E-state index contributed by atoms with van der Waals surface area (Å²) in [6.45, 7) is 6.03. The first-order valence-corrected chi connectivity index (χ1v) is 5.99. The Balaban J connectivity index is 2.54. The average Bonchev–Trinajstić information content (AvgIpc) is 2.73. The highest BCUT2D eigenvalue weighted by atomic mass is 16.5. The first kappa shape index (κ1) is 12.7. The predicted octanol–water partition coefficient (Wildman–Crippen LogP) is 3.26. The van der Waals surface area contributed by atoms with Crippen molar-refractivity contribution in [2.24, 2.45) is 5.73 Å². The molecule has 0 aliphatic rings. The van der Waals surface area contributed by atoms with E-state index in [0.29, 0.717) is 0 Å². The van der Waals surface area contributed by atoms with Gasteiger partial charge in [0.05, 0.1) is 19.4 Å². The summed E-state index contributed by atoms with van der Waals surface area (Å²) in [7, 11) is 1.67. The van der Waals surface area contributed by atoms with Crippen LogP contribution in [-0.4, -0.2) is 7.11 Å². The van der Waals surface area contributed by atoms with Gasteiger partial charge in [-0.15, -0.1) is 0 Å². The van der Waals surface area contributed by atoms with E-state index in [9.17, 15) is 0 Å². The van der Waals surface area contributed by atoms with Crippen molar-refractivity contribution >= 4 is 0 Å². The number of aryl methyl sites for hydroxylation is 3. The molecule has 96 valence electrons. The molecule has 1 atom stereocenters. The molecule has 1 unspecified atom stereocenters. The molecule has 3 heteroatoms. The second kappa shape index (κ2) is 4.86. The van der Waals surface area contributed by atoms with Crippen LogP contribution in [0.15, 0.2) is 28.9 Å². The van der Waals surface area contributed by atoms with Crippen LogP contribution in [-0.2, 0) is 0 Å². The summed E-state index contributed by atoms with van der Waals surface area (Å²) >= 11 is 0. The molecule has 0 saturated heterocycles. The van der Waals surface area contributed by atoms with Crippen molar-refractivity contribution in [1.29, 1.82) is 0 Å². The summed E-state index contributed by atoms with van der Waals surface area (Å²) in [5.41, 5.74) is 10.7. The number of nitrogens with two attached hydrogens (primary N) is 1. The van der Waals surface area contributed by atoms with Gasteiger partial charge in [-0.2, -0.15) is 0 Å². The van der Waals surface area contributed by atoms with Crippen molar-refractivity contribution in [3.63, 3.8) is 0 Å². The van der Waals surface area contributed by atoms with Gasteiger partial charge in [0.15, 0.2) is 0 Å². The average molecular weight is 245 g/mol. The third-order valence-electron chi connectivity index (χ3n) is 3.26. The van der Waals surface area contributed by atoms with E-state index < -0.39 is 0 Å². The van der Waals surface area contributed by atoms with Crippen LogP contribution in [0.25, 0.3) is 0 Å². The third kappa shape index (κ3) is 2.14. The summed E-state index contributed by atoms with van der Waals surface area (Å²) < 4.78 is 10.8. The Bertz CT molecular complexity index is 558. The summed E-state index contributed by atoms with van der Waals surface area (Å²) in [6.07, 6.45) is 1.67. The number of hydrogen-bond donors (Lipinski definition) is 1. The monoisotopic (exact) mass is 245 g/mol. The van der Waals surface area contributed by atoms with Gasteiger partial charge in [0.1, 0.15) is 11.5 Å². The van der Waals surface area contributed by atoms with Crippen LogP contribution in [0.5, 0.6) is 5.75 Å². The standard InChI is InChI=1S/C15H19NO2/c1-9-7-10(2)14(13(8-9)17-4)15(16)12-5-6-18-11(12)3/h5-8,15H,16H2,1-4H3. The Morgan fingerprint density at radius 1 is 1.22 bits per heavy atom. The Morgan fingerprint density at radius 2 is 1.94 bits per heavy atom. The lowest BCUT2D eigenvalue weighted by Gasteiger charge is -2.18. The van der Waals surface area contributed by atoms with Crippen molar-refractivity contribution in [2.75, 3.05) is 7.11 Å². The molecule has 2 aromatic rings. The fourth-order valence-electron chi connectivity index (χ4n) is 2.38. The van der Waals surface area contributed by atoms with E-state index >= 15 is 0 Å². The summed E-state index contributed by atoms with van der Waals surface area (Å²) in [5, 5.41) is 0. The van der Waals surface area contributed by atoms with Crippen LogP contribution in [0.2, 0.25) is 0 Å². The van der Waals surface area contributed by atoms with Crippen molar-refractivity contribution in [3.05, 3.63) is 52.5 Å². The minimum Gasteiger partial charge on any atom is -0.496 e. The molecular formula is C15H19NO2. The number of methoxy groups -OCH3 is 1. The molecule has 0 amide bonds. The highest BCUT2D eigenvalue weighted by molar-refractivity contribution is 5.48. The quantitative estimate of drug-likeness (QED) is 0.902. The summed E-state index contributed by atoms with van der Waals surface area (Å²) in [6, 6.07) is 5.82. The van der Waals surface area contributed by atoms with Crippen LogP contribution < -0.4 is 10.5 Å². The highest BCUT2D eigenvalue weighted by Crippen LogP contribution is 2.33. The van der Waals surface area contributed by atoms with Crippen molar-refractivity contribution < 1.29 is 9.15 Å². The van der Waals surface area contributed by atoms with Gasteiger partial charge in [0.25, 0.3) is 0 Å². The zero-order valence-electron chi connectivity index (χ0n) is 11.3. The molecular weight excluding hydrogens is 226 g/mol. The van der Waals surface area contributed by atoms with E-state index in [0.717, 1.165) is 28.2 Å². The maximum absolute atomic E-state index is 6.35. The lowest BCUT2D eigenvalue weighted by molar-refractivity contribution is 0.406. The molecule has 2 N–H and O–H groups in total. The predicted molar refractivity (Wildman–Crippen MR) is 71.9 cm³/mol. The van der Waals surface area contributed by atoms with Gasteiger partial charge in [0.2, 0.25) is 0 Å². The number of ether oxygens (including phenoxy) is 1. The van der Waals surface area contributed by atoms with Gasteiger partial charge in [-0.25, -0.2) is 0 Å². The fraction of sp³-hybridized carbons (Fsp3) is 0.333. The molecule has 2 rings (SSSR count). The van der Waals surface area contributed by atoms with Crippen molar-refractivity contribution in [1.82, 2.24) is 0 Å². The van der Waals surface area contributed by atoms with E-state index in [-0.39, 0.29) is 6.04 Å². The van der Waals surface area contributed by atoms with Gasteiger partial charge in [-0.05, 0) is 44.0 Å². The number of benzene rings is 1. The van der Waals surface area contributed by atoms with E-state index in [4.69, 9.17) is 14.9 Å². The normalized spacial score (nSPS) is 12.5. The molecule has 0 saturated carbocycles. The Morgan fingerprint density at radius 3 is 2.50 bits per heavy atom. The first-order valence-electron chi connectivity index (χ1n) is 5.99. The lowest BCUT2D eigenvalue weighted by atomic mass is 9.94. The fourth-order valence-corrected chi connectivity index (χ4v) is 2.38. The Labute approximate surface area is 108 Å². The maximum Gasteiger partial charge on any atom is 0.124 e. The van der Waals surface area contributed by atoms with Crippen molar-refractivity contribution in [3.8, 4) is 5.75 Å². The highest BCUT2D eigenvalue weighted by Gasteiger charge is 2.20. The van der Waals surface area contributed by atoms with E-state index in [1.54, 1.807) is 13.4 Å². The molecule has 0 aliphatic carbocycles. The molecule has 0 bridgehead atoms. The van der Waals surface area contributed by atoms with Crippen LogP contribution in [0, 0.1) is 20.8 Å². The van der Waals surface area contributed by atoms with E-state index in [2.05, 4.69) is 13.0 Å². The Hall–Kier alpha value is -1.74. The van der Waals surface area contributed by atoms with Crippen LogP contribution in [0.4, 0.5) is 0 Å². The minimum absolute atomic E-state index is 0.223. The molecule has 1 heterocycles. The zero-order chi connectivity index (χ0) is 13.3. The number of rotatable bonds is 3. The van der Waals surface area contributed by atoms with Gasteiger partial charge in [-0.1, -0.05) is 6.07 Å². The van der Waals surface area contributed by atoms with Crippen LogP contribution >= 0.6 is 0 Å². The number of furan rings is 1. The second-order valence-electron chi connectivity index (χ2n) is 4.61. The van der Waals surface area contributed by atoms with Crippen LogP contribution in [0.3, 0.4) is 0 Å². The molecule has 3 nitrogen and oxygen atoms in total. The SMILES string of the molecule is COc1cc(C)cc(C)c1C(N)c1ccoc1C. The molecule has 0 fully saturated rings. The van der Waals surface area contributed by atoms with E-state index in [1.165, 1.54) is 5.56 Å². The molecule has 1 aromatic heterocycles.